The van der Waals surface area contributed by atoms with Crippen molar-refractivity contribution in [1.82, 2.24) is 20.1 Å². The van der Waals surface area contributed by atoms with Crippen LogP contribution in [0.5, 0.6) is 0 Å². The van der Waals surface area contributed by atoms with Crippen molar-refractivity contribution in [1.29, 1.82) is 0 Å². The Morgan fingerprint density at radius 1 is 0.966 bits per heavy atom. The average molecular weight is 464 g/mol. The fourth-order valence-electron chi connectivity index (χ4n) is 2.93. The van der Waals surface area contributed by atoms with Crippen molar-refractivity contribution in [2.45, 2.75) is 6.54 Å². The highest BCUT2D eigenvalue weighted by atomic mass is 79.9. The third-order valence-electron chi connectivity index (χ3n) is 4.32. The first-order chi connectivity index (χ1) is 14.3. The molecule has 5 aromatic rings. The van der Waals surface area contributed by atoms with Crippen LogP contribution in [0.4, 0.5) is 11.1 Å². The normalized spacial score (nSPS) is 11.1. The van der Waals surface area contributed by atoms with Gasteiger partial charge in [0.25, 0.3) is 0 Å². The molecule has 0 aliphatic rings. The molecule has 0 spiro atoms. The van der Waals surface area contributed by atoms with Crippen LogP contribution in [0, 0.1) is 0 Å². The number of nitrogens with zero attached hydrogens (tertiary/aromatic N) is 5. The Labute approximate surface area is 179 Å². The zero-order valence-corrected chi connectivity index (χ0v) is 17.5. The smallest absolute Gasteiger partial charge is 0.232 e. The van der Waals surface area contributed by atoms with Crippen LogP contribution >= 0.6 is 27.3 Å². The Morgan fingerprint density at radius 3 is 2.55 bits per heavy atom. The van der Waals surface area contributed by atoms with Crippen molar-refractivity contribution >= 4 is 48.6 Å². The molecule has 0 fully saturated rings. The second-order valence-corrected chi connectivity index (χ2v) is 8.21. The number of aromatic nitrogens is 4. The van der Waals surface area contributed by atoms with Crippen LogP contribution < -0.4 is 4.90 Å². The van der Waals surface area contributed by atoms with E-state index in [9.17, 15) is 0 Å². The van der Waals surface area contributed by atoms with Gasteiger partial charge in [0.1, 0.15) is 5.69 Å². The SMILES string of the molecule is Brc1ccc(-c2cc(CN(c3ncccn3)c3nc4ccccc4s3)on2)cc1. The zero-order valence-electron chi connectivity index (χ0n) is 15.1. The van der Waals surface area contributed by atoms with Crippen molar-refractivity contribution in [2.24, 2.45) is 0 Å². The largest absolute Gasteiger partial charge is 0.359 e. The number of halogens is 1. The van der Waals surface area contributed by atoms with E-state index in [0.717, 1.165) is 31.1 Å². The Morgan fingerprint density at radius 2 is 1.76 bits per heavy atom. The lowest BCUT2D eigenvalue weighted by molar-refractivity contribution is 0.386. The predicted molar refractivity (Wildman–Crippen MR) is 117 cm³/mol. The summed E-state index contributed by atoms with van der Waals surface area (Å²) < 4.78 is 7.74. The van der Waals surface area contributed by atoms with Crippen LogP contribution in [0.1, 0.15) is 5.76 Å². The average Bonchev–Trinajstić information content (AvgIpc) is 3.40. The van der Waals surface area contributed by atoms with Crippen molar-refractivity contribution < 1.29 is 4.52 Å². The van der Waals surface area contributed by atoms with Gasteiger partial charge in [0, 0.05) is 28.5 Å². The second kappa shape index (κ2) is 7.73. The number of thiazole rings is 1. The van der Waals surface area contributed by atoms with Gasteiger partial charge in [-0.3, -0.25) is 4.90 Å². The minimum atomic E-state index is 0.424. The van der Waals surface area contributed by atoms with Crippen molar-refractivity contribution in [2.75, 3.05) is 4.90 Å². The number of benzene rings is 2. The summed E-state index contributed by atoms with van der Waals surface area (Å²) in [5, 5.41) is 5.03. The van der Waals surface area contributed by atoms with E-state index in [2.05, 4.69) is 37.1 Å². The van der Waals surface area contributed by atoms with Gasteiger partial charge in [0.2, 0.25) is 5.95 Å². The molecule has 0 atom stereocenters. The van der Waals surface area contributed by atoms with Crippen molar-refractivity contribution in [3.05, 3.63) is 83.3 Å². The van der Waals surface area contributed by atoms with E-state index >= 15 is 0 Å². The van der Waals surface area contributed by atoms with Gasteiger partial charge in [-0.15, -0.1) is 0 Å². The molecule has 5 rings (SSSR count). The monoisotopic (exact) mass is 463 g/mol. The number of rotatable bonds is 5. The standard InChI is InChI=1S/C21H14BrN5OS/c22-15-8-6-14(7-9-15)18-12-16(28-26-18)13-27(20-23-10-3-11-24-20)21-25-17-4-1-2-5-19(17)29-21/h1-12H,13H2. The molecule has 6 nitrogen and oxygen atoms in total. The summed E-state index contributed by atoms with van der Waals surface area (Å²) >= 11 is 5.04. The Hall–Kier alpha value is -3.10. The first-order valence-electron chi connectivity index (χ1n) is 8.88. The highest BCUT2D eigenvalue weighted by Crippen LogP contribution is 2.33. The van der Waals surface area contributed by atoms with E-state index in [4.69, 9.17) is 9.51 Å². The summed E-state index contributed by atoms with van der Waals surface area (Å²) in [5.41, 5.74) is 2.72. The molecule has 0 radical (unpaired) electrons. The minimum absolute atomic E-state index is 0.424. The van der Waals surface area contributed by atoms with Gasteiger partial charge < -0.3 is 4.52 Å². The molecule has 0 aliphatic heterocycles. The van der Waals surface area contributed by atoms with Crippen LogP contribution in [0.2, 0.25) is 0 Å². The van der Waals surface area contributed by atoms with E-state index in [1.807, 2.05) is 53.4 Å². The summed E-state index contributed by atoms with van der Waals surface area (Å²) in [6.45, 7) is 0.424. The van der Waals surface area contributed by atoms with E-state index in [0.29, 0.717) is 18.3 Å². The minimum Gasteiger partial charge on any atom is -0.359 e. The Bertz CT molecular complexity index is 1220. The van der Waals surface area contributed by atoms with E-state index in [-0.39, 0.29) is 0 Å². The summed E-state index contributed by atoms with van der Waals surface area (Å²) in [6.07, 6.45) is 3.44. The lowest BCUT2D eigenvalue weighted by Gasteiger charge is -2.17. The van der Waals surface area contributed by atoms with Gasteiger partial charge in [-0.25, -0.2) is 15.0 Å². The van der Waals surface area contributed by atoms with Crippen molar-refractivity contribution in [3.8, 4) is 11.3 Å². The molecule has 3 heterocycles. The maximum Gasteiger partial charge on any atom is 0.232 e. The molecule has 0 saturated carbocycles. The third-order valence-corrected chi connectivity index (χ3v) is 5.91. The molecule has 142 valence electrons. The quantitative estimate of drug-likeness (QED) is 0.326. The summed E-state index contributed by atoms with van der Waals surface area (Å²) in [4.78, 5) is 15.5. The van der Waals surface area contributed by atoms with Gasteiger partial charge in [0.15, 0.2) is 10.9 Å². The van der Waals surface area contributed by atoms with Crippen LogP contribution in [0.3, 0.4) is 0 Å². The van der Waals surface area contributed by atoms with Gasteiger partial charge in [-0.2, -0.15) is 0 Å². The summed E-state index contributed by atoms with van der Waals surface area (Å²) in [5.74, 6) is 1.27. The molecule has 0 amide bonds. The number of hydrogen-bond donors (Lipinski definition) is 0. The van der Waals surface area contributed by atoms with E-state index in [1.165, 1.54) is 0 Å². The lowest BCUT2D eigenvalue weighted by Crippen LogP contribution is -2.18. The molecule has 0 bridgehead atoms. The Balaban J connectivity index is 1.50. The predicted octanol–water partition coefficient (Wildman–Crippen LogP) is 5.84. The highest BCUT2D eigenvalue weighted by molar-refractivity contribution is 9.10. The number of fused-ring (bicyclic) bond motifs is 1. The maximum absolute atomic E-state index is 5.61. The molecular formula is C21H14BrN5OS. The molecule has 0 N–H and O–H groups in total. The molecule has 0 aliphatic carbocycles. The fourth-order valence-corrected chi connectivity index (χ4v) is 4.16. The molecule has 8 heteroatoms. The van der Waals surface area contributed by atoms with E-state index < -0.39 is 0 Å². The summed E-state index contributed by atoms with van der Waals surface area (Å²) in [6, 6.07) is 19.7. The number of hydrogen-bond acceptors (Lipinski definition) is 7. The van der Waals surface area contributed by atoms with Crippen LogP contribution in [0.15, 0.2) is 82.1 Å². The maximum atomic E-state index is 5.61. The first-order valence-corrected chi connectivity index (χ1v) is 10.5. The number of anilines is 2. The van der Waals surface area contributed by atoms with Gasteiger partial charge in [-0.1, -0.05) is 56.7 Å². The van der Waals surface area contributed by atoms with Crippen LogP contribution in [-0.4, -0.2) is 20.1 Å². The molecule has 0 saturated heterocycles. The summed E-state index contributed by atoms with van der Waals surface area (Å²) in [7, 11) is 0. The second-order valence-electron chi connectivity index (χ2n) is 6.28. The number of para-hydroxylation sites is 1. The Kier molecular flexibility index (Phi) is 4.79. The van der Waals surface area contributed by atoms with Crippen molar-refractivity contribution in [3.63, 3.8) is 0 Å². The zero-order chi connectivity index (χ0) is 19.6. The van der Waals surface area contributed by atoms with Gasteiger partial charge >= 0.3 is 0 Å². The lowest BCUT2D eigenvalue weighted by atomic mass is 10.1. The fraction of sp³-hybridized carbons (Fsp3) is 0.0476. The van der Waals surface area contributed by atoms with Crippen LogP contribution in [0.25, 0.3) is 21.5 Å². The third kappa shape index (κ3) is 3.76. The first kappa shape index (κ1) is 18.0. The van der Waals surface area contributed by atoms with Gasteiger partial charge in [-0.05, 0) is 30.3 Å². The van der Waals surface area contributed by atoms with Gasteiger partial charge in [0.05, 0.1) is 16.8 Å². The highest BCUT2D eigenvalue weighted by Gasteiger charge is 2.19. The molecular weight excluding hydrogens is 450 g/mol. The van der Waals surface area contributed by atoms with Crippen LogP contribution in [-0.2, 0) is 6.54 Å². The molecule has 2 aromatic carbocycles. The van der Waals surface area contributed by atoms with E-state index in [1.54, 1.807) is 29.8 Å². The molecule has 3 aromatic heterocycles. The molecule has 29 heavy (non-hydrogen) atoms. The molecule has 0 unspecified atom stereocenters. The topological polar surface area (TPSA) is 67.9 Å².